The van der Waals surface area contributed by atoms with Gasteiger partial charge in [-0.15, -0.1) is 0 Å². The van der Waals surface area contributed by atoms with E-state index in [-0.39, 0.29) is 0 Å². The Morgan fingerprint density at radius 3 is 2.81 bits per heavy atom. The molecule has 16 heavy (non-hydrogen) atoms. The summed E-state index contributed by atoms with van der Waals surface area (Å²) in [6.07, 6.45) is -0.796. The molecule has 0 aliphatic rings. The molecular formula is C11H14N2O3. The summed E-state index contributed by atoms with van der Waals surface area (Å²) in [6.45, 7) is 3.47. The second-order valence-electron chi connectivity index (χ2n) is 4.49. The van der Waals surface area contributed by atoms with Crippen LogP contribution in [-0.4, -0.2) is 15.6 Å². The van der Waals surface area contributed by atoms with Crippen LogP contribution in [0.15, 0.2) is 27.4 Å². The lowest BCUT2D eigenvalue weighted by atomic mass is 9.92. The number of aliphatic hydroxyl groups excluding tert-OH is 1. The highest BCUT2D eigenvalue weighted by Crippen LogP contribution is 2.25. The summed E-state index contributed by atoms with van der Waals surface area (Å²) in [5.74, 6) is -0.506. The van der Waals surface area contributed by atoms with Crippen LogP contribution in [0.2, 0.25) is 0 Å². The van der Waals surface area contributed by atoms with E-state index in [4.69, 9.17) is 10.2 Å². The fourth-order valence-corrected chi connectivity index (χ4v) is 1.57. The third kappa shape index (κ3) is 1.87. The number of oxazole rings is 1. The fraction of sp³-hybridized carbons (Fsp3) is 0.364. The first kappa shape index (κ1) is 10.9. The second-order valence-corrected chi connectivity index (χ2v) is 4.49. The lowest BCUT2D eigenvalue weighted by molar-refractivity contribution is 0.105. The predicted molar refractivity (Wildman–Crippen MR) is 60.1 cm³/mol. The molecule has 5 nitrogen and oxygen atoms in total. The monoisotopic (exact) mass is 222 g/mol. The van der Waals surface area contributed by atoms with Crippen LogP contribution in [0.5, 0.6) is 0 Å². The first-order chi connectivity index (χ1) is 7.38. The second kappa shape index (κ2) is 3.47. The average Bonchev–Trinajstić information content (AvgIpc) is 2.54. The number of benzene rings is 1. The van der Waals surface area contributed by atoms with Gasteiger partial charge in [-0.1, -0.05) is 6.07 Å². The third-order valence-electron chi connectivity index (χ3n) is 2.46. The van der Waals surface area contributed by atoms with Crippen molar-refractivity contribution >= 4 is 11.1 Å². The van der Waals surface area contributed by atoms with Gasteiger partial charge in [-0.25, -0.2) is 4.79 Å². The lowest BCUT2D eigenvalue weighted by Gasteiger charge is -2.25. The molecule has 2 aromatic rings. The normalized spacial score (nSPS) is 14.2. The Labute approximate surface area is 91.9 Å². The highest BCUT2D eigenvalue weighted by Gasteiger charge is 2.24. The van der Waals surface area contributed by atoms with Gasteiger partial charge in [0.15, 0.2) is 5.58 Å². The Morgan fingerprint density at radius 1 is 1.50 bits per heavy atom. The summed E-state index contributed by atoms with van der Waals surface area (Å²) in [6, 6.07) is 5.00. The van der Waals surface area contributed by atoms with Crippen LogP contribution in [0.1, 0.15) is 25.5 Å². The smallest absolute Gasteiger partial charge is 0.408 e. The quantitative estimate of drug-likeness (QED) is 0.703. The summed E-state index contributed by atoms with van der Waals surface area (Å²) < 4.78 is 4.86. The van der Waals surface area contributed by atoms with Crippen molar-refractivity contribution in [2.45, 2.75) is 25.5 Å². The zero-order valence-corrected chi connectivity index (χ0v) is 9.15. The molecule has 2 rings (SSSR count). The number of rotatable bonds is 2. The van der Waals surface area contributed by atoms with Gasteiger partial charge in [0.25, 0.3) is 0 Å². The Kier molecular flexibility index (Phi) is 2.36. The molecule has 0 saturated carbocycles. The van der Waals surface area contributed by atoms with Crippen molar-refractivity contribution in [2.75, 3.05) is 0 Å². The number of fused-ring (bicyclic) bond motifs is 1. The molecule has 1 aromatic carbocycles. The van der Waals surface area contributed by atoms with Gasteiger partial charge >= 0.3 is 5.76 Å². The van der Waals surface area contributed by atoms with E-state index in [1.807, 2.05) is 0 Å². The molecule has 0 aliphatic carbocycles. The zero-order chi connectivity index (χ0) is 11.9. The molecule has 1 heterocycles. The van der Waals surface area contributed by atoms with Crippen LogP contribution >= 0.6 is 0 Å². The maximum atomic E-state index is 11.0. The number of aromatic amines is 1. The molecule has 5 heteroatoms. The van der Waals surface area contributed by atoms with Crippen LogP contribution in [0.3, 0.4) is 0 Å². The molecule has 0 aliphatic heterocycles. The van der Waals surface area contributed by atoms with Gasteiger partial charge in [0.05, 0.1) is 11.6 Å². The molecule has 0 amide bonds. The van der Waals surface area contributed by atoms with E-state index in [1.54, 1.807) is 32.0 Å². The van der Waals surface area contributed by atoms with E-state index in [2.05, 4.69) is 4.98 Å². The van der Waals surface area contributed by atoms with Gasteiger partial charge in [0.2, 0.25) is 0 Å². The van der Waals surface area contributed by atoms with Crippen LogP contribution in [0, 0.1) is 0 Å². The summed E-state index contributed by atoms with van der Waals surface area (Å²) >= 11 is 0. The molecule has 4 N–H and O–H groups in total. The molecule has 1 unspecified atom stereocenters. The van der Waals surface area contributed by atoms with E-state index >= 15 is 0 Å². The lowest BCUT2D eigenvalue weighted by Crippen LogP contribution is -2.39. The van der Waals surface area contributed by atoms with Crippen molar-refractivity contribution in [3.8, 4) is 0 Å². The van der Waals surface area contributed by atoms with E-state index in [0.29, 0.717) is 16.7 Å². The number of hydrogen-bond acceptors (Lipinski definition) is 4. The van der Waals surface area contributed by atoms with Gasteiger partial charge in [-0.3, -0.25) is 4.98 Å². The number of H-pyrrole nitrogens is 1. The minimum atomic E-state index is -0.796. The van der Waals surface area contributed by atoms with Crippen LogP contribution < -0.4 is 11.5 Å². The summed E-state index contributed by atoms with van der Waals surface area (Å²) in [5, 5.41) is 9.98. The van der Waals surface area contributed by atoms with Crippen molar-refractivity contribution < 1.29 is 9.52 Å². The minimum absolute atomic E-state index is 0.468. The van der Waals surface area contributed by atoms with Crippen molar-refractivity contribution in [1.82, 2.24) is 4.98 Å². The van der Waals surface area contributed by atoms with Gasteiger partial charge in [-0.2, -0.15) is 0 Å². The Morgan fingerprint density at radius 2 is 2.19 bits per heavy atom. The Hall–Kier alpha value is -1.59. The summed E-state index contributed by atoms with van der Waals surface area (Å²) in [4.78, 5) is 13.5. The minimum Gasteiger partial charge on any atom is -0.408 e. The average molecular weight is 222 g/mol. The van der Waals surface area contributed by atoms with Crippen LogP contribution in [0.25, 0.3) is 11.1 Å². The van der Waals surface area contributed by atoms with Crippen molar-refractivity contribution in [3.05, 3.63) is 34.3 Å². The fourth-order valence-electron chi connectivity index (χ4n) is 1.57. The molecule has 1 aromatic heterocycles. The number of nitrogens with one attached hydrogen (secondary N) is 1. The standard InChI is InChI=1S/C11H14N2O3/c1-11(2,12)9(14)6-3-4-8-7(5-6)13-10(15)16-8/h3-5,9,14H,12H2,1-2H3,(H,13,15). The topological polar surface area (TPSA) is 92.2 Å². The number of aliphatic hydroxyl groups is 1. The van der Waals surface area contributed by atoms with Crippen LogP contribution in [-0.2, 0) is 0 Å². The van der Waals surface area contributed by atoms with Gasteiger partial charge in [0, 0.05) is 5.54 Å². The molecule has 0 bridgehead atoms. The van der Waals surface area contributed by atoms with E-state index in [9.17, 15) is 9.90 Å². The van der Waals surface area contributed by atoms with E-state index in [0.717, 1.165) is 0 Å². The summed E-state index contributed by atoms with van der Waals surface area (Å²) in [5.41, 5.74) is 6.76. The number of nitrogens with two attached hydrogens (primary N) is 1. The third-order valence-corrected chi connectivity index (χ3v) is 2.46. The molecule has 1 atom stereocenters. The maximum absolute atomic E-state index is 11.0. The number of hydrogen-bond donors (Lipinski definition) is 3. The van der Waals surface area contributed by atoms with E-state index in [1.165, 1.54) is 0 Å². The van der Waals surface area contributed by atoms with Crippen LogP contribution in [0.4, 0.5) is 0 Å². The van der Waals surface area contributed by atoms with Gasteiger partial charge in [-0.05, 0) is 31.5 Å². The Bertz CT molecular complexity index is 562. The van der Waals surface area contributed by atoms with Gasteiger partial charge < -0.3 is 15.3 Å². The Balaban J connectivity index is 2.50. The van der Waals surface area contributed by atoms with Crippen molar-refractivity contribution in [3.63, 3.8) is 0 Å². The summed E-state index contributed by atoms with van der Waals surface area (Å²) in [7, 11) is 0. The molecule has 0 saturated heterocycles. The molecule has 86 valence electrons. The van der Waals surface area contributed by atoms with Gasteiger partial charge in [0.1, 0.15) is 0 Å². The van der Waals surface area contributed by atoms with E-state index < -0.39 is 17.4 Å². The first-order valence-corrected chi connectivity index (χ1v) is 4.97. The van der Waals surface area contributed by atoms with Crippen molar-refractivity contribution in [2.24, 2.45) is 5.73 Å². The molecule has 0 radical (unpaired) electrons. The SMILES string of the molecule is CC(C)(N)C(O)c1ccc2oc(=O)[nH]c2c1. The first-order valence-electron chi connectivity index (χ1n) is 4.97. The zero-order valence-electron chi connectivity index (χ0n) is 9.15. The number of aromatic nitrogens is 1. The molecule has 0 fully saturated rings. The predicted octanol–water partition coefficient (Wildman–Crippen LogP) is 0.892. The molecular weight excluding hydrogens is 208 g/mol. The molecule has 0 spiro atoms. The highest BCUT2D eigenvalue weighted by molar-refractivity contribution is 5.72. The highest BCUT2D eigenvalue weighted by atomic mass is 16.4. The maximum Gasteiger partial charge on any atom is 0.417 e. The van der Waals surface area contributed by atoms with Crippen molar-refractivity contribution in [1.29, 1.82) is 0 Å². The largest absolute Gasteiger partial charge is 0.417 e.